The van der Waals surface area contributed by atoms with Crippen LogP contribution < -0.4 is 5.32 Å². The van der Waals surface area contributed by atoms with E-state index in [-0.39, 0.29) is 29.9 Å². The molecule has 1 N–H and O–H groups in total. The lowest BCUT2D eigenvalue weighted by atomic mass is 10.1. The molecule has 2 aliphatic rings. The van der Waals surface area contributed by atoms with E-state index in [2.05, 4.69) is 53.2 Å². The molecule has 0 spiro atoms. The highest BCUT2D eigenvalue weighted by Crippen LogP contribution is 2.12. The number of carbonyl (C=O) groups is 1. The third-order valence-corrected chi connectivity index (χ3v) is 5.63. The van der Waals surface area contributed by atoms with Crippen LogP contribution in [0.15, 0.2) is 29.3 Å². The average molecular weight is 529 g/mol. The largest absolute Gasteiger partial charge is 0.378 e. The molecule has 2 saturated heterocycles. The number of morpholine rings is 1. The smallest absolute Gasteiger partial charge is 0.236 e. The van der Waals surface area contributed by atoms with Crippen molar-refractivity contribution in [1.29, 1.82) is 0 Å². The van der Waals surface area contributed by atoms with Crippen molar-refractivity contribution in [2.75, 3.05) is 65.6 Å². The first-order valence-electron chi connectivity index (χ1n) is 10.9. The number of carbonyl (C=O) groups excluding carboxylic acids is 1. The summed E-state index contributed by atoms with van der Waals surface area (Å²) in [6.07, 6.45) is 1.03. The Bertz CT molecular complexity index is 686. The van der Waals surface area contributed by atoms with Gasteiger partial charge in [-0.15, -0.1) is 24.0 Å². The first-order valence-corrected chi connectivity index (χ1v) is 10.9. The van der Waals surface area contributed by atoms with Crippen LogP contribution in [0.1, 0.15) is 25.0 Å². The van der Waals surface area contributed by atoms with Crippen LogP contribution >= 0.6 is 24.0 Å². The second-order valence-corrected chi connectivity index (χ2v) is 7.55. The lowest BCUT2D eigenvalue weighted by Crippen LogP contribution is -2.54. The molecule has 7 nitrogen and oxygen atoms in total. The number of aliphatic imine (C=N–C) groups is 1. The van der Waals surface area contributed by atoms with Crippen molar-refractivity contribution >= 4 is 35.8 Å². The molecule has 0 aliphatic carbocycles. The number of halogens is 1. The SMILES string of the molecule is CCNC(=NCc1ccccc1CC)N1CCN(CC(=O)N2CCOCC2)CC1.I. The van der Waals surface area contributed by atoms with Gasteiger partial charge >= 0.3 is 0 Å². The molecule has 30 heavy (non-hydrogen) atoms. The number of hydrogen-bond acceptors (Lipinski definition) is 4. The molecule has 1 aromatic rings. The summed E-state index contributed by atoms with van der Waals surface area (Å²) in [5.74, 6) is 1.19. The summed E-state index contributed by atoms with van der Waals surface area (Å²) >= 11 is 0. The minimum absolute atomic E-state index is 0. The fourth-order valence-corrected chi connectivity index (χ4v) is 3.86. The van der Waals surface area contributed by atoms with Crippen LogP contribution in [0.25, 0.3) is 0 Å². The number of guanidine groups is 1. The van der Waals surface area contributed by atoms with E-state index >= 15 is 0 Å². The van der Waals surface area contributed by atoms with Crippen molar-refractivity contribution in [2.45, 2.75) is 26.8 Å². The van der Waals surface area contributed by atoms with E-state index in [4.69, 9.17) is 9.73 Å². The molecule has 0 bridgehead atoms. The molecule has 2 fully saturated rings. The highest BCUT2D eigenvalue weighted by Gasteiger charge is 2.24. The van der Waals surface area contributed by atoms with Gasteiger partial charge in [0, 0.05) is 45.8 Å². The van der Waals surface area contributed by atoms with Gasteiger partial charge in [0.2, 0.25) is 5.91 Å². The predicted molar refractivity (Wildman–Crippen MR) is 131 cm³/mol. The molecule has 2 heterocycles. The minimum atomic E-state index is 0. The van der Waals surface area contributed by atoms with Gasteiger partial charge in [0.15, 0.2) is 5.96 Å². The zero-order chi connectivity index (χ0) is 20.5. The molecular formula is C22H36IN5O2. The Morgan fingerprint density at radius 1 is 1.00 bits per heavy atom. The van der Waals surface area contributed by atoms with Crippen LogP contribution in [0.5, 0.6) is 0 Å². The molecule has 8 heteroatoms. The van der Waals surface area contributed by atoms with E-state index in [0.717, 1.165) is 58.2 Å². The first-order chi connectivity index (χ1) is 14.2. The van der Waals surface area contributed by atoms with Crippen LogP contribution in [-0.2, 0) is 22.5 Å². The van der Waals surface area contributed by atoms with Gasteiger partial charge in [-0.1, -0.05) is 31.2 Å². The van der Waals surface area contributed by atoms with Gasteiger partial charge < -0.3 is 19.9 Å². The normalized spacial score (nSPS) is 18.1. The van der Waals surface area contributed by atoms with Crippen LogP contribution in [0.2, 0.25) is 0 Å². The van der Waals surface area contributed by atoms with Crippen molar-refractivity contribution in [3.05, 3.63) is 35.4 Å². The van der Waals surface area contributed by atoms with E-state index < -0.39 is 0 Å². The lowest BCUT2D eigenvalue weighted by Gasteiger charge is -2.37. The molecular weight excluding hydrogens is 493 g/mol. The van der Waals surface area contributed by atoms with E-state index in [1.807, 2.05) is 4.90 Å². The summed E-state index contributed by atoms with van der Waals surface area (Å²) in [5.41, 5.74) is 2.65. The number of piperazine rings is 1. The maximum Gasteiger partial charge on any atom is 0.236 e. The fraction of sp³-hybridized carbons (Fsp3) is 0.636. The Morgan fingerprint density at radius 2 is 1.67 bits per heavy atom. The highest BCUT2D eigenvalue weighted by atomic mass is 127. The molecule has 1 amide bonds. The van der Waals surface area contributed by atoms with E-state index in [9.17, 15) is 4.79 Å². The standard InChI is InChI=1S/C22H35N5O2.HI/c1-3-19-7-5-6-8-20(19)17-24-22(23-4-2)27-11-9-25(10-12-27)18-21(28)26-13-15-29-16-14-26;/h5-8H,3-4,9-18H2,1-2H3,(H,23,24);1H. The first kappa shape index (κ1) is 24.9. The zero-order valence-electron chi connectivity index (χ0n) is 18.3. The number of rotatable bonds is 6. The molecule has 1 aromatic carbocycles. The molecule has 3 rings (SSSR count). The van der Waals surface area contributed by atoms with E-state index in [1.54, 1.807) is 0 Å². The monoisotopic (exact) mass is 529 g/mol. The predicted octanol–water partition coefficient (Wildman–Crippen LogP) is 1.81. The Balaban J connectivity index is 0.00000320. The number of hydrogen-bond donors (Lipinski definition) is 1. The number of nitrogens with one attached hydrogen (secondary N) is 1. The van der Waals surface area contributed by atoms with Gasteiger partial charge in [-0.3, -0.25) is 9.69 Å². The van der Waals surface area contributed by atoms with Crippen molar-refractivity contribution in [3.8, 4) is 0 Å². The summed E-state index contributed by atoms with van der Waals surface area (Å²) < 4.78 is 5.34. The van der Waals surface area contributed by atoms with Crippen molar-refractivity contribution < 1.29 is 9.53 Å². The summed E-state index contributed by atoms with van der Waals surface area (Å²) in [6, 6.07) is 8.53. The fourth-order valence-electron chi connectivity index (χ4n) is 3.86. The maximum absolute atomic E-state index is 12.5. The summed E-state index contributed by atoms with van der Waals surface area (Å²) in [4.78, 5) is 23.9. The third-order valence-electron chi connectivity index (χ3n) is 5.63. The average Bonchev–Trinajstić information content (AvgIpc) is 2.78. The second kappa shape index (κ2) is 13.1. The summed E-state index contributed by atoms with van der Waals surface area (Å²) in [7, 11) is 0. The van der Waals surface area contributed by atoms with Gasteiger partial charge in [0.05, 0.1) is 26.3 Å². The molecule has 0 unspecified atom stereocenters. The number of nitrogens with zero attached hydrogens (tertiary/aromatic N) is 4. The maximum atomic E-state index is 12.5. The van der Waals surface area contributed by atoms with Crippen LogP contribution in [0.4, 0.5) is 0 Å². The minimum Gasteiger partial charge on any atom is -0.378 e. The quantitative estimate of drug-likeness (QED) is 0.346. The number of aryl methyl sites for hydroxylation is 1. The van der Waals surface area contributed by atoms with Gasteiger partial charge in [-0.05, 0) is 24.5 Å². The third kappa shape index (κ3) is 7.09. The summed E-state index contributed by atoms with van der Waals surface area (Å²) in [6.45, 7) is 12.6. The van der Waals surface area contributed by atoms with Gasteiger partial charge in [-0.25, -0.2) is 4.99 Å². The Morgan fingerprint density at radius 3 is 2.30 bits per heavy atom. The topological polar surface area (TPSA) is 60.4 Å². The number of benzene rings is 1. The van der Waals surface area contributed by atoms with Gasteiger partial charge in [0.25, 0.3) is 0 Å². The number of amides is 1. The van der Waals surface area contributed by atoms with Crippen LogP contribution in [0, 0.1) is 0 Å². The van der Waals surface area contributed by atoms with Crippen molar-refractivity contribution in [1.82, 2.24) is 20.0 Å². The highest BCUT2D eigenvalue weighted by molar-refractivity contribution is 14.0. The molecule has 168 valence electrons. The molecule has 0 atom stereocenters. The van der Waals surface area contributed by atoms with Crippen LogP contribution in [-0.4, -0.2) is 92.1 Å². The second-order valence-electron chi connectivity index (χ2n) is 7.55. The van der Waals surface area contributed by atoms with Gasteiger partial charge in [-0.2, -0.15) is 0 Å². The molecule has 2 aliphatic heterocycles. The Hall–Kier alpha value is -1.39. The van der Waals surface area contributed by atoms with Crippen molar-refractivity contribution in [2.24, 2.45) is 4.99 Å². The molecule has 0 aromatic heterocycles. The Labute approximate surface area is 197 Å². The van der Waals surface area contributed by atoms with Crippen LogP contribution in [0.3, 0.4) is 0 Å². The molecule has 0 saturated carbocycles. The molecule has 0 radical (unpaired) electrons. The lowest BCUT2D eigenvalue weighted by molar-refractivity contribution is -0.136. The van der Waals surface area contributed by atoms with Crippen molar-refractivity contribution in [3.63, 3.8) is 0 Å². The van der Waals surface area contributed by atoms with Gasteiger partial charge in [0.1, 0.15) is 0 Å². The number of ether oxygens (including phenoxy) is 1. The zero-order valence-corrected chi connectivity index (χ0v) is 20.6. The Kier molecular flexibility index (Phi) is 10.9. The van der Waals surface area contributed by atoms with E-state index in [1.165, 1.54) is 11.1 Å². The van der Waals surface area contributed by atoms with E-state index in [0.29, 0.717) is 26.3 Å². The summed E-state index contributed by atoms with van der Waals surface area (Å²) in [5, 5.41) is 3.44.